The van der Waals surface area contributed by atoms with Crippen LogP contribution >= 0.6 is 0 Å². The van der Waals surface area contributed by atoms with Crippen LogP contribution in [0.5, 0.6) is 0 Å². The molecule has 6 rings (SSSR count). The predicted octanol–water partition coefficient (Wildman–Crippen LogP) is 3.89. The van der Waals surface area contributed by atoms with Gasteiger partial charge in [0.25, 0.3) is 0 Å². The molecule has 5 nitrogen and oxygen atoms in total. The molecular weight excluding hydrogens is 350 g/mol. The topological polar surface area (TPSA) is 64.0 Å². The molecule has 3 aliphatic carbocycles. The third kappa shape index (κ3) is 2.41. The van der Waals surface area contributed by atoms with Crippen molar-refractivity contribution in [3.63, 3.8) is 0 Å². The van der Waals surface area contributed by atoms with E-state index in [0.29, 0.717) is 12.2 Å². The summed E-state index contributed by atoms with van der Waals surface area (Å²) in [6.45, 7) is 0. The Morgan fingerprint density at radius 3 is 2.61 bits per heavy atom. The molecule has 1 N–H and O–H groups in total. The number of imidazole rings is 1. The summed E-state index contributed by atoms with van der Waals surface area (Å²) < 4.78 is 2.16. The lowest BCUT2D eigenvalue weighted by molar-refractivity contribution is -0.138. The van der Waals surface area contributed by atoms with E-state index in [0.717, 1.165) is 50.6 Å². The van der Waals surface area contributed by atoms with E-state index in [9.17, 15) is 9.59 Å². The summed E-state index contributed by atoms with van der Waals surface area (Å²) in [4.78, 5) is 30.4. The largest absolute Gasteiger partial charge is 0.359 e. The molecule has 2 heterocycles. The lowest BCUT2D eigenvalue weighted by atomic mass is 9.62. The van der Waals surface area contributed by atoms with Gasteiger partial charge in [-0.1, -0.05) is 30.7 Å². The Kier molecular flexibility index (Phi) is 3.97. The van der Waals surface area contributed by atoms with Crippen LogP contribution in [-0.2, 0) is 9.59 Å². The molecule has 1 aromatic carbocycles. The Hall–Kier alpha value is -2.43. The van der Waals surface area contributed by atoms with Gasteiger partial charge in [-0.3, -0.25) is 9.59 Å². The van der Waals surface area contributed by atoms with E-state index in [1.54, 1.807) is 7.05 Å². The predicted molar refractivity (Wildman–Crippen MR) is 107 cm³/mol. The zero-order valence-electron chi connectivity index (χ0n) is 16.4. The maximum absolute atomic E-state index is 13.6. The van der Waals surface area contributed by atoms with E-state index in [1.807, 2.05) is 18.6 Å². The van der Waals surface area contributed by atoms with Crippen LogP contribution in [0, 0.1) is 10.8 Å². The second kappa shape index (κ2) is 6.29. The molecule has 28 heavy (non-hydrogen) atoms. The van der Waals surface area contributed by atoms with E-state index in [4.69, 9.17) is 0 Å². The third-order valence-corrected chi connectivity index (χ3v) is 7.75. The Balaban J connectivity index is 1.41. The van der Waals surface area contributed by atoms with Crippen molar-refractivity contribution in [3.8, 4) is 11.3 Å². The molecular formula is C23H27N3O2. The number of ketones is 1. The van der Waals surface area contributed by atoms with Crippen LogP contribution in [0.25, 0.3) is 11.3 Å². The van der Waals surface area contributed by atoms with Crippen molar-refractivity contribution >= 4 is 11.7 Å². The van der Waals surface area contributed by atoms with Crippen molar-refractivity contribution in [3.05, 3.63) is 42.4 Å². The maximum Gasteiger partial charge on any atom is 0.225 e. The first-order valence-electron chi connectivity index (χ1n) is 10.5. The Morgan fingerprint density at radius 1 is 1.11 bits per heavy atom. The first kappa shape index (κ1) is 17.7. The van der Waals surface area contributed by atoms with Crippen LogP contribution in [-0.4, -0.2) is 28.3 Å². The number of carbonyl (C=O) groups is 2. The molecule has 0 saturated heterocycles. The highest BCUT2D eigenvalue weighted by Gasteiger charge is 2.52. The fraction of sp³-hybridized carbons (Fsp3) is 0.522. The van der Waals surface area contributed by atoms with Gasteiger partial charge < -0.3 is 9.88 Å². The van der Waals surface area contributed by atoms with Crippen LogP contribution < -0.4 is 5.32 Å². The molecule has 1 atom stereocenters. The average molecular weight is 377 g/mol. The highest BCUT2D eigenvalue weighted by molar-refractivity contribution is 5.88. The highest BCUT2D eigenvalue weighted by atomic mass is 16.2. The Morgan fingerprint density at radius 2 is 1.82 bits per heavy atom. The molecule has 0 spiro atoms. The summed E-state index contributed by atoms with van der Waals surface area (Å²) in [5, 5.41) is 2.86. The number of carbonyl (C=O) groups excluding carboxylic acids is 2. The molecule has 3 fully saturated rings. The Bertz CT molecular complexity index is 937. The monoisotopic (exact) mass is 377 g/mol. The minimum atomic E-state index is -0.244. The summed E-state index contributed by atoms with van der Waals surface area (Å²) in [5.74, 6) is 0.546. The van der Waals surface area contributed by atoms with E-state index in [2.05, 4.69) is 33.1 Å². The lowest BCUT2D eigenvalue weighted by Gasteiger charge is -2.41. The summed E-state index contributed by atoms with van der Waals surface area (Å²) >= 11 is 0. The van der Waals surface area contributed by atoms with Crippen molar-refractivity contribution < 1.29 is 9.59 Å². The fourth-order valence-electron chi connectivity index (χ4n) is 6.03. The summed E-state index contributed by atoms with van der Waals surface area (Å²) in [6.07, 6.45) is 10.5. The molecule has 4 aliphatic rings. The number of amides is 1. The van der Waals surface area contributed by atoms with Gasteiger partial charge in [0, 0.05) is 29.9 Å². The van der Waals surface area contributed by atoms with E-state index < -0.39 is 0 Å². The summed E-state index contributed by atoms with van der Waals surface area (Å²) in [7, 11) is 1.73. The number of nitrogens with zero attached hydrogens (tertiary/aromatic N) is 2. The number of nitrogens with one attached hydrogen (secondary N) is 1. The number of Topliss-reactive ketones (excluding diaryl/α,β-unsaturated/α-hetero) is 1. The van der Waals surface area contributed by atoms with E-state index in [-0.39, 0.29) is 22.8 Å². The minimum absolute atomic E-state index is 0.0458. The van der Waals surface area contributed by atoms with Gasteiger partial charge in [0.2, 0.25) is 5.91 Å². The molecule has 146 valence electrons. The summed E-state index contributed by atoms with van der Waals surface area (Å²) in [6, 6.07) is 8.41. The van der Waals surface area contributed by atoms with E-state index >= 15 is 0 Å². The number of benzene rings is 1. The van der Waals surface area contributed by atoms with Gasteiger partial charge in [-0.15, -0.1) is 0 Å². The van der Waals surface area contributed by atoms with Crippen LogP contribution in [0.3, 0.4) is 0 Å². The van der Waals surface area contributed by atoms with Gasteiger partial charge in [0.1, 0.15) is 5.78 Å². The standard InChI is InChI=1S/C23H27N3O2/c1-24-21(28)23-8-4-7-22(9-11-23,10-12-23)20(27)13-18-16-5-2-3-6-17(16)19-14-25-15-26(18)19/h2-3,5-6,14-15,18H,4,7-13H2,1H3,(H,24,28). The fourth-order valence-corrected chi connectivity index (χ4v) is 6.03. The van der Waals surface area contributed by atoms with Gasteiger partial charge in [-0.25, -0.2) is 4.98 Å². The number of rotatable bonds is 4. The van der Waals surface area contributed by atoms with Crippen molar-refractivity contribution in [1.29, 1.82) is 0 Å². The molecule has 1 amide bonds. The first-order chi connectivity index (χ1) is 13.6. The lowest BCUT2D eigenvalue weighted by Crippen LogP contribution is -2.44. The van der Waals surface area contributed by atoms with Gasteiger partial charge in [-0.2, -0.15) is 0 Å². The molecule has 0 radical (unpaired) electrons. The Labute approximate surface area is 165 Å². The van der Waals surface area contributed by atoms with Crippen molar-refractivity contribution in [2.24, 2.45) is 10.8 Å². The maximum atomic E-state index is 13.6. The average Bonchev–Trinajstić information content (AvgIpc) is 3.18. The summed E-state index contributed by atoms with van der Waals surface area (Å²) in [5.41, 5.74) is 3.04. The van der Waals surface area contributed by atoms with Gasteiger partial charge in [-0.05, 0) is 44.1 Å². The molecule has 2 aromatic rings. The van der Waals surface area contributed by atoms with Gasteiger partial charge in [0.05, 0.1) is 24.3 Å². The van der Waals surface area contributed by atoms with Gasteiger partial charge in [0.15, 0.2) is 0 Å². The number of aromatic nitrogens is 2. The van der Waals surface area contributed by atoms with Crippen molar-refractivity contribution in [1.82, 2.24) is 14.9 Å². The van der Waals surface area contributed by atoms with Crippen LogP contribution in [0.15, 0.2) is 36.8 Å². The number of hydrogen-bond donors (Lipinski definition) is 1. The van der Waals surface area contributed by atoms with Gasteiger partial charge >= 0.3 is 0 Å². The highest BCUT2D eigenvalue weighted by Crippen LogP contribution is 2.56. The van der Waals surface area contributed by atoms with E-state index in [1.165, 1.54) is 11.1 Å². The first-order valence-corrected chi connectivity index (χ1v) is 10.5. The van der Waals surface area contributed by atoms with Crippen LogP contribution in [0.4, 0.5) is 0 Å². The van der Waals surface area contributed by atoms with Crippen LogP contribution in [0.2, 0.25) is 0 Å². The number of fused-ring (bicyclic) bond motifs is 7. The van der Waals surface area contributed by atoms with Crippen molar-refractivity contribution in [2.45, 2.75) is 57.4 Å². The third-order valence-electron chi connectivity index (χ3n) is 7.75. The zero-order chi connectivity index (χ0) is 19.4. The molecule has 1 aliphatic heterocycles. The molecule has 1 aromatic heterocycles. The smallest absolute Gasteiger partial charge is 0.225 e. The SMILES string of the molecule is CNC(=O)C12CCCC(C(=O)CC3c4ccccc4-c4cncn43)(CC1)CC2. The number of hydrogen-bond acceptors (Lipinski definition) is 3. The minimum Gasteiger partial charge on any atom is -0.359 e. The second-order valence-corrected chi connectivity index (χ2v) is 8.91. The molecule has 5 heteroatoms. The quantitative estimate of drug-likeness (QED) is 0.879. The molecule has 2 bridgehead atoms. The normalized spacial score (nSPS) is 30.4. The second-order valence-electron chi connectivity index (χ2n) is 8.91. The zero-order valence-corrected chi connectivity index (χ0v) is 16.4. The van der Waals surface area contributed by atoms with Crippen LogP contribution in [0.1, 0.15) is 63.0 Å². The molecule has 1 unspecified atom stereocenters. The molecule has 3 saturated carbocycles. The van der Waals surface area contributed by atoms with Crippen molar-refractivity contribution in [2.75, 3.05) is 7.05 Å².